The van der Waals surface area contributed by atoms with Crippen LogP contribution in [-0.4, -0.2) is 38.4 Å². The van der Waals surface area contributed by atoms with E-state index in [4.69, 9.17) is 4.52 Å². The maximum absolute atomic E-state index is 11.8. The first-order chi connectivity index (χ1) is 10.1. The summed E-state index contributed by atoms with van der Waals surface area (Å²) in [6.07, 6.45) is 1.83. The van der Waals surface area contributed by atoms with Gasteiger partial charge < -0.3 is 9.84 Å². The van der Waals surface area contributed by atoms with Crippen LogP contribution in [0.4, 0.5) is 5.88 Å². The van der Waals surface area contributed by atoms with Crippen molar-refractivity contribution >= 4 is 11.8 Å². The van der Waals surface area contributed by atoms with Crippen molar-refractivity contribution in [3.8, 4) is 0 Å². The highest BCUT2D eigenvalue weighted by molar-refractivity contribution is 5.90. The highest BCUT2D eigenvalue weighted by atomic mass is 16.5. The summed E-state index contributed by atoms with van der Waals surface area (Å²) in [6.45, 7) is 4.66. The van der Waals surface area contributed by atoms with Crippen LogP contribution in [0, 0.1) is 13.8 Å². The summed E-state index contributed by atoms with van der Waals surface area (Å²) in [6, 6.07) is 1.91. The van der Waals surface area contributed by atoms with Gasteiger partial charge in [-0.15, -0.1) is 0 Å². The number of aromatic nitrogens is 4. The summed E-state index contributed by atoms with van der Waals surface area (Å²) >= 11 is 0. The molecule has 3 rings (SSSR count). The predicted molar refractivity (Wildman–Crippen MR) is 74.7 cm³/mol. The average Bonchev–Trinajstić information content (AvgIpc) is 3.00. The average molecular weight is 290 g/mol. The lowest BCUT2D eigenvalue weighted by Crippen LogP contribution is -2.41. The van der Waals surface area contributed by atoms with E-state index in [1.54, 1.807) is 13.0 Å². The van der Waals surface area contributed by atoms with Crippen LogP contribution < -0.4 is 10.6 Å². The van der Waals surface area contributed by atoms with Gasteiger partial charge in [-0.3, -0.25) is 10.1 Å². The van der Waals surface area contributed by atoms with Crippen molar-refractivity contribution in [3.63, 3.8) is 0 Å². The third kappa shape index (κ3) is 3.27. The number of anilines is 1. The molecule has 8 heteroatoms. The molecule has 1 aliphatic heterocycles. The Kier molecular flexibility index (Phi) is 3.70. The minimum absolute atomic E-state index is 0.147. The third-order valence-corrected chi connectivity index (χ3v) is 3.41. The Labute approximate surface area is 121 Å². The summed E-state index contributed by atoms with van der Waals surface area (Å²) in [5, 5.41) is 14.0. The predicted octanol–water partition coefficient (Wildman–Crippen LogP) is 0.426. The fourth-order valence-electron chi connectivity index (χ4n) is 2.44. The van der Waals surface area contributed by atoms with Crippen molar-refractivity contribution in [1.82, 2.24) is 25.2 Å². The molecule has 0 spiro atoms. The molecule has 0 bridgehead atoms. The first-order valence-electron chi connectivity index (χ1n) is 6.97. The van der Waals surface area contributed by atoms with Gasteiger partial charge in [-0.1, -0.05) is 5.16 Å². The first kappa shape index (κ1) is 13.7. The quantitative estimate of drug-likeness (QED) is 0.847. The lowest BCUT2D eigenvalue weighted by Gasteiger charge is -2.23. The Morgan fingerprint density at radius 2 is 2.38 bits per heavy atom. The molecular formula is C13H18N6O2. The molecule has 0 saturated carbocycles. The zero-order chi connectivity index (χ0) is 14.8. The number of rotatable bonds is 4. The second-order valence-corrected chi connectivity index (χ2v) is 5.25. The summed E-state index contributed by atoms with van der Waals surface area (Å²) in [5.41, 5.74) is 0.736. The number of fused-ring (bicyclic) bond motifs is 1. The molecule has 0 fully saturated rings. The third-order valence-electron chi connectivity index (χ3n) is 3.41. The Bertz CT molecular complexity index is 647. The fourth-order valence-corrected chi connectivity index (χ4v) is 2.44. The highest BCUT2D eigenvalue weighted by Gasteiger charge is 2.21. The van der Waals surface area contributed by atoms with E-state index >= 15 is 0 Å². The topological polar surface area (TPSA) is 97.9 Å². The molecule has 1 aliphatic rings. The molecule has 2 N–H and O–H groups in total. The smallest absolute Gasteiger partial charge is 0.240 e. The van der Waals surface area contributed by atoms with Crippen molar-refractivity contribution < 1.29 is 9.32 Å². The number of nitrogens with zero attached hydrogens (tertiary/aromatic N) is 4. The Morgan fingerprint density at radius 3 is 3.14 bits per heavy atom. The molecule has 0 aliphatic carbocycles. The summed E-state index contributed by atoms with van der Waals surface area (Å²) in [4.78, 5) is 16.2. The van der Waals surface area contributed by atoms with Gasteiger partial charge in [-0.05, 0) is 20.3 Å². The van der Waals surface area contributed by atoms with Gasteiger partial charge in [0.25, 0.3) is 0 Å². The van der Waals surface area contributed by atoms with Gasteiger partial charge in [0.15, 0.2) is 0 Å². The Balaban J connectivity index is 1.48. The first-order valence-corrected chi connectivity index (χ1v) is 6.97. The molecule has 0 aromatic carbocycles. The number of carbonyl (C=O) groups is 1. The molecule has 0 radical (unpaired) electrons. The van der Waals surface area contributed by atoms with Crippen LogP contribution in [0.2, 0.25) is 0 Å². The minimum atomic E-state index is -0.147. The van der Waals surface area contributed by atoms with Gasteiger partial charge in [0.1, 0.15) is 11.6 Å². The SMILES string of the molecule is Cc1cc(NC(=O)CN[C@H]2CCc3nc(C)nn3C2)on1. The van der Waals surface area contributed by atoms with Crippen molar-refractivity contribution in [2.45, 2.75) is 39.3 Å². The lowest BCUT2D eigenvalue weighted by molar-refractivity contribution is -0.115. The Hall–Kier alpha value is -2.22. The van der Waals surface area contributed by atoms with Crippen molar-refractivity contribution in [2.75, 3.05) is 11.9 Å². The van der Waals surface area contributed by atoms with Crippen LogP contribution >= 0.6 is 0 Å². The van der Waals surface area contributed by atoms with Crippen LogP contribution in [-0.2, 0) is 17.8 Å². The molecule has 1 amide bonds. The summed E-state index contributed by atoms with van der Waals surface area (Å²) in [7, 11) is 0. The van der Waals surface area contributed by atoms with E-state index in [1.807, 2.05) is 11.6 Å². The van der Waals surface area contributed by atoms with Crippen LogP contribution in [0.25, 0.3) is 0 Å². The van der Waals surface area contributed by atoms with E-state index in [2.05, 4.69) is 25.9 Å². The minimum Gasteiger partial charge on any atom is -0.338 e. The maximum Gasteiger partial charge on any atom is 0.240 e. The van der Waals surface area contributed by atoms with Gasteiger partial charge in [0.05, 0.1) is 18.8 Å². The number of aryl methyl sites for hydroxylation is 3. The van der Waals surface area contributed by atoms with Gasteiger partial charge in [0.2, 0.25) is 11.8 Å². The zero-order valence-corrected chi connectivity index (χ0v) is 12.1. The van der Waals surface area contributed by atoms with Crippen LogP contribution in [0.1, 0.15) is 23.8 Å². The molecular weight excluding hydrogens is 272 g/mol. The van der Waals surface area contributed by atoms with Crippen LogP contribution in [0.3, 0.4) is 0 Å². The maximum atomic E-state index is 11.8. The number of nitrogens with one attached hydrogen (secondary N) is 2. The van der Waals surface area contributed by atoms with Gasteiger partial charge >= 0.3 is 0 Å². The zero-order valence-electron chi connectivity index (χ0n) is 12.1. The summed E-state index contributed by atoms with van der Waals surface area (Å²) < 4.78 is 6.85. The van der Waals surface area contributed by atoms with E-state index in [9.17, 15) is 4.79 Å². The van der Waals surface area contributed by atoms with E-state index < -0.39 is 0 Å². The van der Waals surface area contributed by atoms with Gasteiger partial charge in [0, 0.05) is 18.5 Å². The molecule has 2 aromatic rings. The van der Waals surface area contributed by atoms with E-state index in [-0.39, 0.29) is 18.5 Å². The lowest BCUT2D eigenvalue weighted by atomic mass is 10.1. The van der Waals surface area contributed by atoms with Crippen LogP contribution in [0.5, 0.6) is 0 Å². The van der Waals surface area contributed by atoms with Crippen molar-refractivity contribution in [3.05, 3.63) is 23.4 Å². The molecule has 0 saturated heterocycles. The standard InChI is InChI=1S/C13H18N6O2/c1-8-5-13(21-18-8)16-12(20)6-14-10-3-4-11-15-9(2)17-19(11)7-10/h5,10,14H,3-4,6-7H2,1-2H3,(H,16,20)/t10-/m0/s1. The van der Waals surface area contributed by atoms with Crippen LogP contribution in [0.15, 0.2) is 10.6 Å². The van der Waals surface area contributed by atoms with Gasteiger partial charge in [-0.2, -0.15) is 5.10 Å². The largest absolute Gasteiger partial charge is 0.338 e. The molecule has 112 valence electrons. The van der Waals surface area contributed by atoms with Crippen molar-refractivity contribution in [1.29, 1.82) is 0 Å². The van der Waals surface area contributed by atoms with E-state index in [0.717, 1.165) is 36.7 Å². The molecule has 21 heavy (non-hydrogen) atoms. The second kappa shape index (κ2) is 5.65. The molecule has 3 heterocycles. The number of amides is 1. The van der Waals surface area contributed by atoms with E-state index in [0.29, 0.717) is 5.88 Å². The summed E-state index contributed by atoms with van der Waals surface area (Å²) in [5.74, 6) is 2.04. The number of hydrogen-bond donors (Lipinski definition) is 2. The van der Waals surface area contributed by atoms with Crippen molar-refractivity contribution in [2.24, 2.45) is 0 Å². The molecule has 1 atom stereocenters. The fraction of sp³-hybridized carbons (Fsp3) is 0.538. The highest BCUT2D eigenvalue weighted by Crippen LogP contribution is 2.13. The number of hydrogen-bond acceptors (Lipinski definition) is 6. The monoisotopic (exact) mass is 290 g/mol. The second-order valence-electron chi connectivity index (χ2n) is 5.25. The normalized spacial score (nSPS) is 17.5. The molecule has 2 aromatic heterocycles. The van der Waals surface area contributed by atoms with E-state index in [1.165, 1.54) is 0 Å². The molecule has 8 nitrogen and oxygen atoms in total. The van der Waals surface area contributed by atoms with Gasteiger partial charge in [-0.25, -0.2) is 9.67 Å². The Morgan fingerprint density at radius 1 is 1.52 bits per heavy atom. The number of carbonyl (C=O) groups excluding carboxylic acids is 1. The molecule has 0 unspecified atom stereocenters.